The topological polar surface area (TPSA) is 30.5 Å². The van der Waals surface area contributed by atoms with Crippen molar-refractivity contribution in [2.75, 3.05) is 27.4 Å². The molecule has 2 atom stereocenters. The maximum Gasteiger partial charge on any atom is 0.0928 e. The SMILES string of the molecule is COCC(CNC1c2ccccc2CC1(C)C)OC. The molecule has 2 rings (SSSR count). The molecule has 1 N–H and O–H groups in total. The fraction of sp³-hybridized carbons (Fsp3) is 0.625. The Labute approximate surface area is 116 Å². The Bertz CT molecular complexity index is 417. The van der Waals surface area contributed by atoms with Gasteiger partial charge < -0.3 is 14.8 Å². The normalized spacial score (nSPS) is 22.2. The summed E-state index contributed by atoms with van der Waals surface area (Å²) in [4.78, 5) is 0. The molecule has 2 unspecified atom stereocenters. The molecule has 0 radical (unpaired) electrons. The van der Waals surface area contributed by atoms with Crippen LogP contribution in [0.1, 0.15) is 31.0 Å². The van der Waals surface area contributed by atoms with Crippen molar-refractivity contribution in [2.45, 2.75) is 32.4 Å². The van der Waals surface area contributed by atoms with Gasteiger partial charge in [0.05, 0.1) is 12.7 Å². The second-order valence-corrected chi connectivity index (χ2v) is 6.02. The third-order valence-corrected chi connectivity index (χ3v) is 4.03. The molecule has 3 nitrogen and oxygen atoms in total. The van der Waals surface area contributed by atoms with Crippen LogP contribution in [0.2, 0.25) is 0 Å². The number of fused-ring (bicyclic) bond motifs is 1. The van der Waals surface area contributed by atoms with Crippen LogP contribution < -0.4 is 5.32 Å². The predicted molar refractivity (Wildman–Crippen MR) is 77.3 cm³/mol. The molecule has 1 aromatic carbocycles. The molecule has 0 heterocycles. The van der Waals surface area contributed by atoms with Crippen molar-refractivity contribution in [3.05, 3.63) is 35.4 Å². The van der Waals surface area contributed by atoms with Crippen molar-refractivity contribution in [3.8, 4) is 0 Å². The van der Waals surface area contributed by atoms with E-state index >= 15 is 0 Å². The molecule has 0 aromatic heterocycles. The second kappa shape index (κ2) is 6.04. The van der Waals surface area contributed by atoms with Crippen LogP contribution in [0, 0.1) is 5.41 Å². The second-order valence-electron chi connectivity index (χ2n) is 6.02. The van der Waals surface area contributed by atoms with Gasteiger partial charge in [-0.15, -0.1) is 0 Å². The van der Waals surface area contributed by atoms with Crippen LogP contribution >= 0.6 is 0 Å². The summed E-state index contributed by atoms with van der Waals surface area (Å²) in [6.07, 6.45) is 1.23. The lowest BCUT2D eigenvalue weighted by Crippen LogP contribution is -2.38. The number of rotatable bonds is 6. The third-order valence-electron chi connectivity index (χ3n) is 4.03. The lowest BCUT2D eigenvalue weighted by atomic mass is 9.85. The highest BCUT2D eigenvalue weighted by atomic mass is 16.5. The molecule has 0 fully saturated rings. The van der Waals surface area contributed by atoms with Gasteiger partial charge in [0.15, 0.2) is 0 Å². The lowest BCUT2D eigenvalue weighted by molar-refractivity contribution is 0.0248. The average Bonchev–Trinajstić information content (AvgIpc) is 2.64. The number of nitrogens with one attached hydrogen (secondary N) is 1. The summed E-state index contributed by atoms with van der Waals surface area (Å²) in [6, 6.07) is 9.11. The molecule has 0 aliphatic heterocycles. The van der Waals surface area contributed by atoms with Crippen molar-refractivity contribution in [1.29, 1.82) is 0 Å². The summed E-state index contributed by atoms with van der Waals surface area (Å²) in [5.74, 6) is 0. The molecule has 3 heteroatoms. The van der Waals surface area contributed by atoms with Crippen molar-refractivity contribution in [1.82, 2.24) is 5.32 Å². The van der Waals surface area contributed by atoms with Crippen molar-refractivity contribution < 1.29 is 9.47 Å². The van der Waals surface area contributed by atoms with Gasteiger partial charge in [-0.25, -0.2) is 0 Å². The Morgan fingerprint density at radius 1 is 1.32 bits per heavy atom. The Balaban J connectivity index is 2.06. The average molecular weight is 263 g/mol. The van der Waals surface area contributed by atoms with E-state index in [0.29, 0.717) is 12.6 Å². The molecule has 1 aliphatic carbocycles. The van der Waals surface area contributed by atoms with Crippen LogP contribution in [0.3, 0.4) is 0 Å². The first-order valence-corrected chi connectivity index (χ1v) is 6.91. The maximum absolute atomic E-state index is 5.42. The molecule has 106 valence electrons. The molecule has 0 bridgehead atoms. The standard InChI is InChI=1S/C16H25NO2/c1-16(2)9-12-7-5-6-8-14(12)15(16)17-10-13(19-4)11-18-3/h5-8,13,15,17H,9-11H2,1-4H3. The van der Waals surface area contributed by atoms with E-state index < -0.39 is 0 Å². The fourth-order valence-electron chi connectivity index (χ4n) is 3.02. The molecule has 19 heavy (non-hydrogen) atoms. The van der Waals surface area contributed by atoms with E-state index in [-0.39, 0.29) is 11.5 Å². The Hall–Kier alpha value is -0.900. The van der Waals surface area contributed by atoms with Crippen molar-refractivity contribution in [2.24, 2.45) is 5.41 Å². The minimum Gasteiger partial charge on any atom is -0.382 e. The molecular weight excluding hydrogens is 238 g/mol. The highest BCUT2D eigenvalue weighted by Crippen LogP contribution is 2.44. The Kier molecular flexibility index (Phi) is 4.61. The molecule has 1 aromatic rings. The predicted octanol–water partition coefficient (Wildman–Crippen LogP) is 2.56. The zero-order valence-electron chi connectivity index (χ0n) is 12.4. The Morgan fingerprint density at radius 3 is 2.74 bits per heavy atom. The van der Waals surface area contributed by atoms with Gasteiger partial charge in [-0.3, -0.25) is 0 Å². The number of methoxy groups -OCH3 is 2. The minimum atomic E-state index is 0.105. The van der Waals surface area contributed by atoms with Crippen LogP contribution in [0.4, 0.5) is 0 Å². The summed E-state index contributed by atoms with van der Waals surface area (Å²) in [5.41, 5.74) is 3.14. The van der Waals surface area contributed by atoms with Gasteiger partial charge in [-0.05, 0) is 23.0 Å². The summed E-state index contributed by atoms with van der Waals surface area (Å²) < 4.78 is 10.6. The number of ether oxygens (including phenoxy) is 2. The van der Waals surface area contributed by atoms with E-state index in [9.17, 15) is 0 Å². The van der Waals surface area contributed by atoms with E-state index in [2.05, 4.69) is 43.4 Å². The van der Waals surface area contributed by atoms with Gasteiger partial charge >= 0.3 is 0 Å². The zero-order chi connectivity index (χ0) is 13.9. The maximum atomic E-state index is 5.42. The van der Waals surface area contributed by atoms with Crippen molar-refractivity contribution >= 4 is 0 Å². The van der Waals surface area contributed by atoms with E-state index in [1.54, 1.807) is 14.2 Å². The summed E-state index contributed by atoms with van der Waals surface area (Å²) in [6.45, 7) is 6.08. The van der Waals surface area contributed by atoms with Crippen LogP contribution in [0.15, 0.2) is 24.3 Å². The number of hydrogen-bond donors (Lipinski definition) is 1. The lowest BCUT2D eigenvalue weighted by Gasteiger charge is -2.30. The quantitative estimate of drug-likeness (QED) is 0.855. The molecule has 1 aliphatic rings. The van der Waals surface area contributed by atoms with Crippen LogP contribution in [-0.2, 0) is 15.9 Å². The molecular formula is C16H25NO2. The minimum absolute atomic E-state index is 0.105. The Morgan fingerprint density at radius 2 is 2.05 bits per heavy atom. The number of benzene rings is 1. The summed E-state index contributed by atoms with van der Waals surface area (Å²) >= 11 is 0. The van der Waals surface area contributed by atoms with Gasteiger partial charge in [0.1, 0.15) is 0 Å². The van der Waals surface area contributed by atoms with Crippen LogP contribution in [-0.4, -0.2) is 33.5 Å². The highest BCUT2D eigenvalue weighted by Gasteiger charge is 2.38. The van der Waals surface area contributed by atoms with E-state index in [0.717, 1.165) is 13.0 Å². The van der Waals surface area contributed by atoms with Crippen LogP contribution in [0.5, 0.6) is 0 Å². The molecule has 0 saturated carbocycles. The first-order chi connectivity index (χ1) is 9.08. The van der Waals surface area contributed by atoms with Crippen LogP contribution in [0.25, 0.3) is 0 Å². The van der Waals surface area contributed by atoms with Crippen molar-refractivity contribution in [3.63, 3.8) is 0 Å². The monoisotopic (exact) mass is 263 g/mol. The molecule has 0 saturated heterocycles. The van der Waals surface area contributed by atoms with Gasteiger partial charge in [0.25, 0.3) is 0 Å². The highest BCUT2D eigenvalue weighted by molar-refractivity contribution is 5.37. The number of hydrogen-bond acceptors (Lipinski definition) is 3. The summed E-state index contributed by atoms with van der Waals surface area (Å²) in [5, 5.41) is 3.66. The smallest absolute Gasteiger partial charge is 0.0928 e. The van der Waals surface area contributed by atoms with E-state index in [1.165, 1.54) is 11.1 Å². The largest absolute Gasteiger partial charge is 0.382 e. The third kappa shape index (κ3) is 3.16. The van der Waals surface area contributed by atoms with Gasteiger partial charge in [-0.1, -0.05) is 38.1 Å². The van der Waals surface area contributed by atoms with E-state index in [1.807, 2.05) is 0 Å². The van der Waals surface area contributed by atoms with E-state index in [4.69, 9.17) is 9.47 Å². The van der Waals surface area contributed by atoms with Gasteiger partial charge in [-0.2, -0.15) is 0 Å². The zero-order valence-corrected chi connectivity index (χ0v) is 12.4. The fourth-order valence-corrected chi connectivity index (χ4v) is 3.02. The van der Waals surface area contributed by atoms with Gasteiger partial charge in [0.2, 0.25) is 0 Å². The summed E-state index contributed by atoms with van der Waals surface area (Å²) in [7, 11) is 3.44. The molecule has 0 spiro atoms. The first-order valence-electron chi connectivity index (χ1n) is 6.91. The molecule has 0 amide bonds. The first kappa shape index (κ1) is 14.5. The van der Waals surface area contributed by atoms with Gasteiger partial charge in [0, 0.05) is 26.8 Å².